The molecule has 1 atom stereocenters. The maximum atomic E-state index is 12.9. The predicted molar refractivity (Wildman–Crippen MR) is 111 cm³/mol. The molecule has 30 heavy (non-hydrogen) atoms. The van der Waals surface area contributed by atoms with Crippen LogP contribution in [0, 0.1) is 0 Å². The number of esters is 1. The summed E-state index contributed by atoms with van der Waals surface area (Å²) in [4.78, 5) is 40.8. The number of ether oxygens (including phenoxy) is 2. The lowest BCUT2D eigenvalue weighted by Gasteiger charge is -2.14. The van der Waals surface area contributed by atoms with Crippen LogP contribution in [0.4, 0.5) is 4.79 Å². The molecule has 1 heterocycles. The summed E-state index contributed by atoms with van der Waals surface area (Å²) in [5.41, 5.74) is 2.25. The van der Waals surface area contributed by atoms with Gasteiger partial charge in [-0.2, -0.15) is 0 Å². The lowest BCUT2D eigenvalue weighted by atomic mass is 10.0. The van der Waals surface area contributed by atoms with Crippen LogP contribution < -0.4 is 15.4 Å². The second-order valence-electron chi connectivity index (χ2n) is 6.42. The Morgan fingerprint density at radius 2 is 1.73 bits per heavy atom. The quantitative estimate of drug-likeness (QED) is 0.630. The van der Waals surface area contributed by atoms with Gasteiger partial charge in [0.1, 0.15) is 5.75 Å². The minimum atomic E-state index is -1.16. The molecule has 8 heteroatoms. The summed E-state index contributed by atoms with van der Waals surface area (Å²) in [6.07, 6.45) is -1.16. The van der Waals surface area contributed by atoms with Crippen LogP contribution in [-0.2, 0) is 9.53 Å². The first kappa shape index (κ1) is 20.8. The molecule has 3 rings (SSSR count). The molecule has 0 aliphatic heterocycles. The number of fused-ring (bicyclic) bond motifs is 1. The molecule has 0 aliphatic rings. The van der Waals surface area contributed by atoms with E-state index >= 15 is 0 Å². The van der Waals surface area contributed by atoms with Gasteiger partial charge >= 0.3 is 12.0 Å². The van der Waals surface area contributed by atoms with Gasteiger partial charge < -0.3 is 14.8 Å². The van der Waals surface area contributed by atoms with E-state index in [0.717, 1.165) is 5.56 Å². The van der Waals surface area contributed by atoms with Crippen LogP contribution in [0.15, 0.2) is 54.6 Å². The normalized spacial score (nSPS) is 11.4. The average molecular weight is 407 g/mol. The van der Waals surface area contributed by atoms with Gasteiger partial charge in [-0.1, -0.05) is 18.2 Å². The van der Waals surface area contributed by atoms with Crippen molar-refractivity contribution in [1.29, 1.82) is 0 Å². The van der Waals surface area contributed by atoms with E-state index < -0.39 is 24.0 Å². The molecule has 3 aromatic rings. The Morgan fingerprint density at radius 1 is 1.03 bits per heavy atom. The van der Waals surface area contributed by atoms with Crippen molar-refractivity contribution in [1.82, 2.24) is 15.6 Å². The zero-order chi connectivity index (χ0) is 21.7. The number of nitrogens with one attached hydrogen (secondary N) is 2. The van der Waals surface area contributed by atoms with Crippen molar-refractivity contribution in [3.63, 3.8) is 0 Å². The number of para-hydroxylation sites is 1. The molecule has 0 unspecified atom stereocenters. The van der Waals surface area contributed by atoms with Gasteiger partial charge in [-0.15, -0.1) is 0 Å². The number of benzene rings is 2. The van der Waals surface area contributed by atoms with Gasteiger partial charge in [0.25, 0.3) is 5.91 Å². The van der Waals surface area contributed by atoms with Crippen molar-refractivity contribution >= 4 is 28.8 Å². The number of rotatable bonds is 5. The fraction of sp³-hybridized carbons (Fsp3) is 0.182. The molecule has 1 aromatic heterocycles. The molecular weight excluding hydrogens is 386 g/mol. The third-order valence-corrected chi connectivity index (χ3v) is 4.44. The highest BCUT2D eigenvalue weighted by atomic mass is 16.5. The van der Waals surface area contributed by atoms with Gasteiger partial charge in [-0.25, -0.2) is 14.6 Å². The molecule has 2 N–H and O–H groups in total. The Hall–Kier alpha value is -3.94. The molecule has 0 aliphatic carbocycles. The SMILES string of the molecule is CNC(=O)NC(=O)[C@H](C)OC(=O)c1cc(-c2ccc(OC)cc2)nc2ccccc12. The van der Waals surface area contributed by atoms with Crippen molar-refractivity contribution in [2.75, 3.05) is 14.2 Å². The molecule has 0 spiro atoms. The van der Waals surface area contributed by atoms with E-state index in [9.17, 15) is 14.4 Å². The Labute approximate surface area is 173 Å². The third-order valence-electron chi connectivity index (χ3n) is 4.44. The van der Waals surface area contributed by atoms with E-state index in [2.05, 4.69) is 15.6 Å². The molecule has 0 saturated carbocycles. The minimum absolute atomic E-state index is 0.269. The lowest BCUT2D eigenvalue weighted by molar-refractivity contribution is -0.127. The first-order valence-electron chi connectivity index (χ1n) is 9.20. The smallest absolute Gasteiger partial charge is 0.339 e. The van der Waals surface area contributed by atoms with E-state index in [1.54, 1.807) is 43.5 Å². The van der Waals surface area contributed by atoms with Gasteiger partial charge in [-0.3, -0.25) is 10.1 Å². The number of nitrogens with zero attached hydrogens (tertiary/aromatic N) is 1. The summed E-state index contributed by atoms with van der Waals surface area (Å²) in [7, 11) is 2.96. The van der Waals surface area contributed by atoms with Crippen molar-refractivity contribution < 1.29 is 23.9 Å². The second kappa shape index (κ2) is 9.04. The standard InChI is InChI=1S/C22H21N3O5/c1-13(20(26)25-22(28)23-2)30-21(27)17-12-19(14-8-10-15(29-3)11-9-14)24-18-7-5-4-6-16(17)18/h4-13H,1-3H3,(H2,23,25,26,28)/t13-/m0/s1. The number of amides is 3. The van der Waals surface area contributed by atoms with Crippen LogP contribution in [0.25, 0.3) is 22.2 Å². The molecule has 3 amide bonds. The molecule has 154 valence electrons. The molecule has 0 radical (unpaired) electrons. The number of carbonyl (C=O) groups excluding carboxylic acids is 3. The molecule has 0 bridgehead atoms. The predicted octanol–water partition coefficient (Wildman–Crippen LogP) is 2.91. The number of carbonyl (C=O) groups is 3. The zero-order valence-electron chi connectivity index (χ0n) is 16.8. The fourth-order valence-electron chi connectivity index (χ4n) is 2.81. The van der Waals surface area contributed by atoms with Gasteiger partial charge in [0.15, 0.2) is 6.10 Å². The van der Waals surface area contributed by atoms with Gasteiger partial charge in [0, 0.05) is 18.0 Å². The molecule has 0 saturated heterocycles. The van der Waals surface area contributed by atoms with Gasteiger partial charge in [0.05, 0.1) is 23.9 Å². The second-order valence-corrected chi connectivity index (χ2v) is 6.42. The van der Waals surface area contributed by atoms with Crippen molar-refractivity contribution in [2.45, 2.75) is 13.0 Å². The van der Waals surface area contributed by atoms with E-state index in [1.165, 1.54) is 14.0 Å². The first-order valence-corrected chi connectivity index (χ1v) is 9.20. The monoisotopic (exact) mass is 407 g/mol. The van der Waals surface area contributed by atoms with Crippen LogP contribution in [0.1, 0.15) is 17.3 Å². The third kappa shape index (κ3) is 4.54. The lowest BCUT2D eigenvalue weighted by Crippen LogP contribution is -2.43. The summed E-state index contributed by atoms with van der Waals surface area (Å²) < 4.78 is 10.5. The summed E-state index contributed by atoms with van der Waals surface area (Å²) in [6, 6.07) is 15.4. The van der Waals surface area contributed by atoms with Crippen LogP contribution in [0.3, 0.4) is 0 Å². The Morgan fingerprint density at radius 3 is 2.40 bits per heavy atom. The summed E-state index contributed by atoms with van der Waals surface area (Å²) in [5.74, 6) is -0.713. The highest BCUT2D eigenvalue weighted by molar-refractivity contribution is 6.06. The highest BCUT2D eigenvalue weighted by Crippen LogP contribution is 2.27. The van der Waals surface area contributed by atoms with Crippen molar-refractivity contribution in [3.05, 3.63) is 60.2 Å². The summed E-state index contributed by atoms with van der Waals surface area (Å²) >= 11 is 0. The Balaban J connectivity index is 1.94. The van der Waals surface area contributed by atoms with Crippen molar-refractivity contribution in [2.24, 2.45) is 0 Å². The number of pyridine rings is 1. The number of hydrogen-bond donors (Lipinski definition) is 2. The van der Waals surface area contributed by atoms with E-state index in [0.29, 0.717) is 22.3 Å². The molecular formula is C22H21N3O5. The minimum Gasteiger partial charge on any atom is -0.497 e. The summed E-state index contributed by atoms with van der Waals surface area (Å²) in [6.45, 7) is 1.39. The number of imide groups is 1. The van der Waals surface area contributed by atoms with E-state index in [1.807, 2.05) is 18.2 Å². The van der Waals surface area contributed by atoms with Crippen LogP contribution in [0.2, 0.25) is 0 Å². The van der Waals surface area contributed by atoms with Crippen LogP contribution >= 0.6 is 0 Å². The zero-order valence-corrected chi connectivity index (χ0v) is 16.8. The molecule has 2 aromatic carbocycles. The number of methoxy groups -OCH3 is 1. The van der Waals surface area contributed by atoms with Crippen LogP contribution in [0.5, 0.6) is 5.75 Å². The molecule has 0 fully saturated rings. The van der Waals surface area contributed by atoms with Crippen LogP contribution in [-0.4, -0.2) is 43.2 Å². The summed E-state index contributed by atoms with van der Waals surface area (Å²) in [5, 5.41) is 4.94. The fourth-order valence-corrected chi connectivity index (χ4v) is 2.81. The Kier molecular flexibility index (Phi) is 6.26. The highest BCUT2D eigenvalue weighted by Gasteiger charge is 2.22. The average Bonchev–Trinajstić information content (AvgIpc) is 2.78. The van der Waals surface area contributed by atoms with Crippen molar-refractivity contribution in [3.8, 4) is 17.0 Å². The number of hydrogen-bond acceptors (Lipinski definition) is 6. The number of aromatic nitrogens is 1. The van der Waals surface area contributed by atoms with Gasteiger partial charge in [-0.05, 0) is 43.3 Å². The number of urea groups is 1. The maximum Gasteiger partial charge on any atom is 0.339 e. The van der Waals surface area contributed by atoms with E-state index in [4.69, 9.17) is 9.47 Å². The van der Waals surface area contributed by atoms with E-state index in [-0.39, 0.29) is 5.56 Å². The first-order chi connectivity index (χ1) is 14.4. The Bertz CT molecular complexity index is 1100. The van der Waals surface area contributed by atoms with Gasteiger partial charge in [0.2, 0.25) is 0 Å². The topological polar surface area (TPSA) is 107 Å². The molecule has 8 nitrogen and oxygen atoms in total. The largest absolute Gasteiger partial charge is 0.497 e. The maximum absolute atomic E-state index is 12.9.